The molecule has 3 rings (SSSR count). The van der Waals surface area contributed by atoms with E-state index in [4.69, 9.17) is 33.4 Å². The Labute approximate surface area is 154 Å². The number of halogens is 3. The predicted molar refractivity (Wildman–Crippen MR) is 96.0 cm³/mol. The number of nitrogens with one attached hydrogen (secondary N) is 1. The lowest BCUT2D eigenvalue weighted by molar-refractivity contribution is 0.304. The van der Waals surface area contributed by atoms with Crippen molar-refractivity contribution in [3.63, 3.8) is 0 Å². The van der Waals surface area contributed by atoms with Crippen molar-refractivity contribution in [2.75, 3.05) is 5.32 Å². The zero-order chi connectivity index (χ0) is 18.1. The predicted octanol–water partition coefficient (Wildman–Crippen LogP) is 3.78. The molecule has 0 bridgehead atoms. The van der Waals surface area contributed by atoms with Crippen LogP contribution in [-0.2, 0) is 13.0 Å². The van der Waals surface area contributed by atoms with Gasteiger partial charge in [0.05, 0.1) is 12.8 Å². The summed E-state index contributed by atoms with van der Waals surface area (Å²) in [6, 6.07) is 2.99. The molecule has 9 heteroatoms. The molecular weight excluding hydrogens is 368 g/mol. The van der Waals surface area contributed by atoms with E-state index >= 15 is 0 Å². The summed E-state index contributed by atoms with van der Waals surface area (Å²) in [5.41, 5.74) is 8.11. The van der Waals surface area contributed by atoms with Gasteiger partial charge in [-0.3, -0.25) is 0 Å². The third-order valence-corrected chi connectivity index (χ3v) is 4.65. The minimum Gasteiger partial charge on any atom is -0.467 e. The van der Waals surface area contributed by atoms with E-state index in [1.807, 2.05) is 13.0 Å². The molecule has 0 aromatic carbocycles. The van der Waals surface area contributed by atoms with Crippen LogP contribution in [0.4, 0.5) is 10.2 Å². The van der Waals surface area contributed by atoms with Crippen LogP contribution in [-0.4, -0.2) is 26.8 Å². The maximum absolute atomic E-state index is 13.5. The molecule has 0 aliphatic heterocycles. The molecule has 3 N–H and O–H groups in total. The standard InChI is InChI=1S/C16H18Cl2FN5O/c1-8-11(6-12(20)9(2)19)14(17)24-13(8)15(22-16(18)23-24)21-7-10-4-3-5-25-10/h3-5,9,12H,6-7,20H2,1-2H3,(H,21,22,23)/t9-,12+/m0/s1. The fourth-order valence-corrected chi connectivity index (χ4v) is 3.15. The zero-order valence-electron chi connectivity index (χ0n) is 13.8. The maximum atomic E-state index is 13.5. The third-order valence-electron chi connectivity index (χ3n) is 4.11. The Kier molecular flexibility index (Phi) is 5.17. The Bertz CT molecular complexity index is 879. The SMILES string of the molecule is Cc1c(C[C@@H](N)[C@H](C)F)c(Cl)n2nc(Cl)nc(NCc3ccco3)c12. The first-order chi connectivity index (χ1) is 11.9. The number of nitrogens with zero attached hydrogens (tertiary/aromatic N) is 3. The summed E-state index contributed by atoms with van der Waals surface area (Å²) in [6.07, 6.45) is 0.738. The maximum Gasteiger partial charge on any atom is 0.243 e. The Morgan fingerprint density at radius 3 is 2.84 bits per heavy atom. The van der Waals surface area contributed by atoms with Crippen LogP contribution < -0.4 is 11.1 Å². The quantitative estimate of drug-likeness (QED) is 0.674. The van der Waals surface area contributed by atoms with Gasteiger partial charge in [-0.05, 0) is 55.1 Å². The number of hydrogen-bond donors (Lipinski definition) is 2. The van der Waals surface area contributed by atoms with Gasteiger partial charge in [-0.15, -0.1) is 5.10 Å². The summed E-state index contributed by atoms with van der Waals surface area (Å²) >= 11 is 12.5. The number of nitrogens with two attached hydrogens (primary N) is 1. The summed E-state index contributed by atoms with van der Waals surface area (Å²) in [5.74, 6) is 1.26. The molecule has 25 heavy (non-hydrogen) atoms. The lowest BCUT2D eigenvalue weighted by atomic mass is 10.0. The van der Waals surface area contributed by atoms with Crippen molar-refractivity contribution >= 4 is 34.5 Å². The third kappa shape index (κ3) is 3.58. The van der Waals surface area contributed by atoms with Crippen LogP contribution in [0.1, 0.15) is 23.8 Å². The molecule has 0 saturated carbocycles. The van der Waals surface area contributed by atoms with Crippen molar-refractivity contribution in [1.82, 2.24) is 14.6 Å². The molecule has 2 atom stereocenters. The Balaban J connectivity index is 2.02. The van der Waals surface area contributed by atoms with Crippen molar-refractivity contribution < 1.29 is 8.81 Å². The fourth-order valence-electron chi connectivity index (χ4n) is 2.65. The van der Waals surface area contributed by atoms with E-state index in [1.165, 1.54) is 11.4 Å². The highest BCUT2D eigenvalue weighted by Gasteiger charge is 2.23. The van der Waals surface area contributed by atoms with Crippen LogP contribution in [0.25, 0.3) is 5.52 Å². The fraction of sp³-hybridized carbons (Fsp3) is 0.375. The van der Waals surface area contributed by atoms with E-state index in [-0.39, 0.29) is 5.28 Å². The Hall–Kier alpha value is -1.83. The van der Waals surface area contributed by atoms with E-state index < -0.39 is 12.2 Å². The van der Waals surface area contributed by atoms with Gasteiger partial charge in [0.1, 0.15) is 22.6 Å². The van der Waals surface area contributed by atoms with Gasteiger partial charge >= 0.3 is 0 Å². The number of hydrogen-bond acceptors (Lipinski definition) is 5. The number of aryl methyl sites for hydroxylation is 1. The van der Waals surface area contributed by atoms with E-state index in [2.05, 4.69) is 15.4 Å². The van der Waals surface area contributed by atoms with Crippen LogP contribution in [0.2, 0.25) is 10.4 Å². The van der Waals surface area contributed by atoms with Gasteiger partial charge in [0.25, 0.3) is 0 Å². The van der Waals surface area contributed by atoms with E-state index in [9.17, 15) is 4.39 Å². The van der Waals surface area contributed by atoms with Crippen LogP contribution in [0.15, 0.2) is 22.8 Å². The van der Waals surface area contributed by atoms with Gasteiger partial charge in [-0.2, -0.15) is 4.98 Å². The molecule has 0 radical (unpaired) electrons. The largest absolute Gasteiger partial charge is 0.467 e. The van der Waals surface area contributed by atoms with Gasteiger partial charge in [-0.1, -0.05) is 11.6 Å². The van der Waals surface area contributed by atoms with Gasteiger partial charge in [-0.25, -0.2) is 8.91 Å². The molecular formula is C16H18Cl2FN5O. The summed E-state index contributed by atoms with van der Waals surface area (Å²) < 4.78 is 20.3. The number of furan rings is 1. The zero-order valence-corrected chi connectivity index (χ0v) is 15.3. The van der Waals surface area contributed by atoms with E-state index in [0.717, 1.165) is 16.9 Å². The molecule has 3 aromatic rings. The van der Waals surface area contributed by atoms with Crippen LogP contribution in [0, 0.1) is 6.92 Å². The van der Waals surface area contributed by atoms with Gasteiger partial charge in [0.2, 0.25) is 5.28 Å². The average Bonchev–Trinajstić information content (AvgIpc) is 3.15. The van der Waals surface area contributed by atoms with Crippen LogP contribution in [0.3, 0.4) is 0 Å². The monoisotopic (exact) mass is 385 g/mol. The lowest BCUT2D eigenvalue weighted by Gasteiger charge is -2.12. The van der Waals surface area contributed by atoms with Crippen LogP contribution >= 0.6 is 23.2 Å². The molecule has 0 aliphatic rings. The number of fused-ring (bicyclic) bond motifs is 1. The second-order valence-corrected chi connectivity index (χ2v) is 6.56. The molecule has 0 fully saturated rings. The Morgan fingerprint density at radius 1 is 1.44 bits per heavy atom. The molecule has 0 aliphatic carbocycles. The Morgan fingerprint density at radius 2 is 2.20 bits per heavy atom. The molecule has 6 nitrogen and oxygen atoms in total. The molecule has 0 spiro atoms. The highest BCUT2D eigenvalue weighted by Crippen LogP contribution is 2.32. The smallest absolute Gasteiger partial charge is 0.243 e. The second-order valence-electron chi connectivity index (χ2n) is 5.86. The van der Waals surface area contributed by atoms with Gasteiger partial charge in [0, 0.05) is 6.04 Å². The van der Waals surface area contributed by atoms with Gasteiger partial charge < -0.3 is 15.5 Å². The summed E-state index contributed by atoms with van der Waals surface area (Å²) in [5, 5.41) is 7.73. The first-order valence-corrected chi connectivity index (χ1v) is 8.53. The first kappa shape index (κ1) is 18.0. The number of anilines is 1. The normalized spacial score (nSPS) is 14.0. The minimum atomic E-state index is -1.15. The van der Waals surface area contributed by atoms with Crippen LogP contribution in [0.5, 0.6) is 0 Å². The molecule has 3 aromatic heterocycles. The molecule has 0 saturated heterocycles. The summed E-state index contributed by atoms with van der Waals surface area (Å²) in [7, 11) is 0. The molecule has 3 heterocycles. The topological polar surface area (TPSA) is 81.4 Å². The summed E-state index contributed by atoms with van der Waals surface area (Å²) in [4.78, 5) is 4.25. The minimum absolute atomic E-state index is 0.0426. The number of aromatic nitrogens is 3. The van der Waals surface area contributed by atoms with Crippen molar-refractivity contribution in [2.45, 2.75) is 39.0 Å². The van der Waals surface area contributed by atoms with E-state index in [1.54, 1.807) is 12.3 Å². The van der Waals surface area contributed by atoms with Crippen molar-refractivity contribution in [3.05, 3.63) is 45.7 Å². The highest BCUT2D eigenvalue weighted by atomic mass is 35.5. The van der Waals surface area contributed by atoms with E-state index in [0.29, 0.717) is 29.5 Å². The first-order valence-electron chi connectivity index (χ1n) is 7.77. The van der Waals surface area contributed by atoms with Gasteiger partial charge in [0.15, 0.2) is 5.82 Å². The van der Waals surface area contributed by atoms with Crippen molar-refractivity contribution in [2.24, 2.45) is 5.73 Å². The highest BCUT2D eigenvalue weighted by molar-refractivity contribution is 6.31. The molecule has 134 valence electrons. The average molecular weight is 386 g/mol. The second kappa shape index (κ2) is 7.19. The summed E-state index contributed by atoms with van der Waals surface area (Å²) in [6.45, 7) is 3.73. The van der Waals surface area contributed by atoms with Crippen molar-refractivity contribution in [1.29, 1.82) is 0 Å². The number of rotatable bonds is 6. The number of alkyl halides is 1. The van der Waals surface area contributed by atoms with Crippen molar-refractivity contribution in [3.8, 4) is 0 Å². The molecule has 0 amide bonds. The lowest BCUT2D eigenvalue weighted by Crippen LogP contribution is -2.31. The molecule has 0 unspecified atom stereocenters.